The van der Waals surface area contributed by atoms with E-state index in [-0.39, 0.29) is 30.9 Å². The van der Waals surface area contributed by atoms with Gasteiger partial charge in [0.1, 0.15) is 0 Å². The van der Waals surface area contributed by atoms with Gasteiger partial charge < -0.3 is 29.1 Å². The minimum atomic E-state index is -0.0434. The van der Waals surface area contributed by atoms with Crippen LogP contribution in [0.1, 0.15) is 241 Å². The van der Waals surface area contributed by atoms with E-state index in [2.05, 4.69) is 393 Å². The molecule has 2 aliphatic carbocycles. The Labute approximate surface area is 877 Å². The number of nitrogens with zero attached hydrogens (tertiary/aromatic N) is 7. The first-order valence-corrected chi connectivity index (χ1v) is 54.4. The van der Waals surface area contributed by atoms with E-state index in [9.17, 15) is 0 Å². The van der Waals surface area contributed by atoms with Crippen LogP contribution < -0.4 is 4.98 Å². The van der Waals surface area contributed by atoms with E-state index in [0.717, 1.165) is 39.2 Å². The van der Waals surface area contributed by atoms with Crippen LogP contribution in [0, 0.1) is 26.0 Å². The predicted molar refractivity (Wildman–Crippen MR) is 615 cm³/mol. The quantitative estimate of drug-likeness (QED) is 0.0286. The first kappa shape index (κ1) is 99.3. The number of rotatable bonds is 37. The van der Waals surface area contributed by atoms with Crippen LogP contribution in [-0.2, 0) is 30.9 Å². The van der Waals surface area contributed by atoms with Crippen LogP contribution in [-0.4, -0.2) is 29.1 Å². The van der Waals surface area contributed by atoms with Crippen molar-refractivity contribution in [2.24, 2.45) is 0 Å². The number of aromatic nitrogens is 7. The molecule has 0 radical (unpaired) electrons. The topological polar surface area (TPSA) is 75.5 Å². The van der Waals surface area contributed by atoms with E-state index in [1.165, 1.54) is 356 Å². The number of imidazole rings is 1. The van der Waals surface area contributed by atoms with E-state index >= 15 is 0 Å². The summed E-state index contributed by atoms with van der Waals surface area (Å²) in [6.07, 6.45) is 41.9. The van der Waals surface area contributed by atoms with Gasteiger partial charge in [-0.25, -0.2) is 0 Å². The van der Waals surface area contributed by atoms with Gasteiger partial charge in [0.2, 0.25) is 0 Å². The maximum Gasteiger partial charge on any atom is 3.00 e. The van der Waals surface area contributed by atoms with Gasteiger partial charge >= 0.3 is 20.1 Å². The van der Waals surface area contributed by atoms with Crippen LogP contribution in [0.5, 0.6) is 0 Å². The van der Waals surface area contributed by atoms with E-state index in [4.69, 9.17) is 9.97 Å². The summed E-state index contributed by atoms with van der Waals surface area (Å²) in [7, 11) is 0. The van der Waals surface area contributed by atoms with Gasteiger partial charge in [0.25, 0.3) is 0 Å². The molecule has 0 unspecified atom stereocenters. The molecule has 730 valence electrons. The number of hydrogen-bond acceptors (Lipinski definition) is 4. The Morgan fingerprint density at radius 3 is 0.904 bits per heavy atom. The number of para-hydroxylation sites is 6. The zero-order valence-corrected chi connectivity index (χ0v) is 88.3. The Morgan fingerprint density at radius 2 is 0.568 bits per heavy atom. The van der Waals surface area contributed by atoms with Crippen LogP contribution in [0.4, 0.5) is 0 Å². The minimum absolute atomic E-state index is 0. The molecule has 0 bridgehead atoms. The summed E-state index contributed by atoms with van der Waals surface area (Å²) < 4.78 is 4.84. The summed E-state index contributed by atoms with van der Waals surface area (Å²) in [4.78, 5) is 23.3. The summed E-state index contributed by atoms with van der Waals surface area (Å²) in [5.74, 6) is 0.691. The molecule has 15 aromatic carbocycles. The van der Waals surface area contributed by atoms with Gasteiger partial charge in [0.05, 0.1) is 27.8 Å². The Bertz CT molecular complexity index is 7480. The van der Waals surface area contributed by atoms with Crippen LogP contribution in [0.25, 0.3) is 188 Å². The molecule has 0 atom stereocenters. The first-order valence-electron chi connectivity index (χ1n) is 54.4. The maximum absolute atomic E-state index is 5.11. The van der Waals surface area contributed by atoms with Gasteiger partial charge in [-0.15, -0.1) is 46.5 Å². The van der Waals surface area contributed by atoms with Gasteiger partial charge in [0, 0.05) is 62.3 Å². The first-order chi connectivity index (χ1) is 71.6. The Kier molecular flexibility index (Phi) is 31.4. The van der Waals surface area contributed by atoms with E-state index in [0.29, 0.717) is 5.82 Å². The zero-order chi connectivity index (χ0) is 98.4. The fraction of sp³-hybridized carbons (Fsp3) is 0.261. The second-order valence-corrected chi connectivity index (χ2v) is 41.0. The summed E-state index contributed by atoms with van der Waals surface area (Å²) >= 11 is 0. The number of benzene rings is 15. The Morgan fingerprint density at radius 1 is 0.267 bits per heavy atom. The SMILES string of the molecule is CCCCCCCCC1(CCCCCCCC)c2cc(-c3ccc(-n4c5ccccc5c5ccccc54)cc3)ccc2-c2ccc(-c3ccc(-c4[c-]cc(C)c5ccccc45)nc3)cc21.CCCCCCCCC1(CCCCCCCC)c2cc(-c3ccc(-n4c5ccccc5c5ccccc54)cc3)ccc2-c2ccc(-c3ccc(-c4[c-]cc(C)c5ccccc45)nc3)cc21.[Ir+3].c1ccc(-c2nc3ccccc3[n-]2)nc1. The fourth-order valence-corrected chi connectivity index (χ4v) is 24.0. The van der Waals surface area contributed by atoms with Crippen molar-refractivity contribution < 1.29 is 20.1 Å². The fourth-order valence-electron chi connectivity index (χ4n) is 24.0. The standard InChI is InChI=1S/2C63H63N2.C12H8N3.Ir/c2*1-4-6-8-10-12-20-40-63(41-21-13-11-9-7-5-2)58-42-47(46-29-34-50(35-30-46)65-61-26-18-16-24-56(61)57-25-17-19-27-62(57)65)31-37-53(58)54-38-32-48(43-59(54)63)49-33-39-60(64-44-49)55-36-28-45(3)51-22-14-15-23-52(51)55;1-2-6-10-9(5-1)14-12(15-10)11-7-3-4-8-13-11;/h2*14-19,22-35,37-39,42-44H,4-13,20-21,40-41H2,1-3H3;1-8H;/q3*-1;+3. The molecule has 0 aliphatic heterocycles. The number of pyridine rings is 3. The van der Waals surface area contributed by atoms with Crippen molar-refractivity contribution in [2.45, 2.75) is 232 Å². The van der Waals surface area contributed by atoms with Crippen LogP contribution in [0.15, 0.2) is 364 Å². The normalized spacial score (nSPS) is 12.6. The van der Waals surface area contributed by atoms with Gasteiger partial charge in [-0.1, -0.05) is 466 Å². The molecule has 6 heterocycles. The third-order valence-electron chi connectivity index (χ3n) is 31.7. The van der Waals surface area contributed by atoms with E-state index in [1.807, 2.05) is 42.5 Å². The summed E-state index contributed by atoms with van der Waals surface area (Å²) in [5, 5.41) is 10.1. The number of hydrogen-bond donors (Lipinski definition) is 0. The molecule has 0 saturated heterocycles. The molecule has 23 rings (SSSR count). The zero-order valence-electron chi connectivity index (χ0n) is 85.9. The number of unbranched alkanes of at least 4 members (excludes halogenated alkanes) is 20. The molecule has 2 aliphatic rings. The van der Waals surface area contributed by atoms with Crippen LogP contribution >= 0.6 is 0 Å². The van der Waals surface area contributed by atoms with Crippen molar-refractivity contribution in [3.63, 3.8) is 0 Å². The van der Waals surface area contributed by atoms with Crippen LogP contribution in [0.3, 0.4) is 0 Å². The molecule has 0 N–H and O–H groups in total. The van der Waals surface area contributed by atoms with Crippen molar-refractivity contribution >= 4 is 76.2 Å². The van der Waals surface area contributed by atoms with Gasteiger partial charge in [0.15, 0.2) is 0 Å². The molecule has 7 nitrogen and oxygen atoms in total. The molecule has 0 amide bonds. The average molecular weight is 2080 g/mol. The summed E-state index contributed by atoms with van der Waals surface area (Å²) in [6, 6.07) is 134. The molecule has 146 heavy (non-hydrogen) atoms. The van der Waals surface area contributed by atoms with Gasteiger partial charge in [-0.2, -0.15) is 0 Å². The largest absolute Gasteiger partial charge is 3.00 e. The van der Waals surface area contributed by atoms with E-state index < -0.39 is 0 Å². The molecule has 0 spiro atoms. The van der Waals surface area contributed by atoms with Crippen molar-refractivity contribution in [2.75, 3.05) is 0 Å². The molecule has 8 heteroatoms. The van der Waals surface area contributed by atoms with Crippen molar-refractivity contribution in [1.82, 2.24) is 34.1 Å². The third kappa shape index (κ3) is 20.5. The van der Waals surface area contributed by atoms with Crippen molar-refractivity contribution in [3.05, 3.63) is 410 Å². The monoisotopic (exact) mass is 2080 g/mol. The molecule has 0 fully saturated rings. The molecular formula is C138H134IrN7. The molecule has 0 saturated carbocycles. The van der Waals surface area contributed by atoms with Crippen molar-refractivity contribution in [1.29, 1.82) is 0 Å². The van der Waals surface area contributed by atoms with Gasteiger partial charge in [-0.3, -0.25) is 4.98 Å². The number of fused-ring (bicyclic) bond motifs is 15. The second kappa shape index (κ2) is 46.2. The minimum Gasteiger partial charge on any atom is -0.434 e. The van der Waals surface area contributed by atoms with E-state index in [1.54, 1.807) is 6.20 Å². The second-order valence-electron chi connectivity index (χ2n) is 41.0. The smallest absolute Gasteiger partial charge is 0.434 e. The third-order valence-corrected chi connectivity index (χ3v) is 31.7. The molecular weight excluding hydrogens is 1950 g/mol. The molecule has 6 aromatic heterocycles. The maximum atomic E-state index is 5.11. The molecule has 21 aromatic rings. The average Bonchev–Trinajstić information content (AvgIpc) is 1.56. The van der Waals surface area contributed by atoms with Crippen LogP contribution in [0.2, 0.25) is 0 Å². The predicted octanol–water partition coefficient (Wildman–Crippen LogP) is 38.7. The summed E-state index contributed by atoms with van der Waals surface area (Å²) in [6.45, 7) is 13.6. The Hall–Kier alpha value is -14.0. The van der Waals surface area contributed by atoms with Gasteiger partial charge in [-0.05, 0) is 228 Å². The Balaban J connectivity index is 0.000000154. The number of aryl methyl sites for hydroxylation is 2. The summed E-state index contributed by atoms with van der Waals surface area (Å²) in [5.41, 5.74) is 38.3. The van der Waals surface area contributed by atoms with Crippen molar-refractivity contribution in [3.8, 4) is 112 Å².